The number of rotatable bonds is 4. The van der Waals surface area contributed by atoms with Crippen LogP contribution in [0.15, 0.2) is 24.4 Å². The minimum Gasteiger partial charge on any atom is -0.321 e. The molecule has 0 unspecified atom stereocenters. The Kier molecular flexibility index (Phi) is 4.27. The first-order valence-corrected chi connectivity index (χ1v) is 9.32. The lowest BCUT2D eigenvalue weighted by atomic mass is 10.0. The summed E-state index contributed by atoms with van der Waals surface area (Å²) in [6.07, 6.45) is 3.07. The molecule has 24 heavy (non-hydrogen) atoms. The van der Waals surface area contributed by atoms with Gasteiger partial charge in [-0.3, -0.25) is 13.8 Å². The van der Waals surface area contributed by atoms with Crippen molar-refractivity contribution in [2.45, 2.75) is 19.8 Å². The van der Waals surface area contributed by atoms with Crippen LogP contribution in [0.25, 0.3) is 0 Å². The second-order valence-corrected chi connectivity index (χ2v) is 7.83. The van der Waals surface area contributed by atoms with Crippen molar-refractivity contribution in [3.8, 4) is 0 Å². The molecule has 3 rings (SSSR count). The molecule has 1 amide bonds. The van der Waals surface area contributed by atoms with Gasteiger partial charge in [-0.05, 0) is 43.5 Å². The second-order valence-electron chi connectivity index (χ2n) is 5.65. The molecule has 0 atom stereocenters. The number of fused-ring (bicyclic) bond motifs is 1. The Balaban J connectivity index is 1.85. The highest BCUT2D eigenvalue weighted by molar-refractivity contribution is 7.92. The summed E-state index contributed by atoms with van der Waals surface area (Å²) in [7, 11) is -1.60. The molecule has 1 N–H and O–H groups in total. The Hall–Kier alpha value is -2.42. The number of hydrogen-bond acceptors (Lipinski definition) is 5. The van der Waals surface area contributed by atoms with Crippen molar-refractivity contribution in [3.05, 3.63) is 35.7 Å². The van der Waals surface area contributed by atoms with Crippen LogP contribution in [-0.2, 0) is 23.5 Å². The van der Waals surface area contributed by atoms with Crippen molar-refractivity contribution in [2.24, 2.45) is 7.05 Å². The molecule has 0 aliphatic carbocycles. The highest BCUT2D eigenvalue weighted by Gasteiger charge is 2.26. The molecule has 0 bridgehead atoms. The summed E-state index contributed by atoms with van der Waals surface area (Å²) >= 11 is 0. The largest absolute Gasteiger partial charge is 0.321 e. The molecule has 1 aromatic carbocycles. The van der Waals surface area contributed by atoms with Gasteiger partial charge in [-0.15, -0.1) is 5.10 Å². The van der Waals surface area contributed by atoms with Crippen molar-refractivity contribution >= 4 is 27.3 Å². The summed E-state index contributed by atoms with van der Waals surface area (Å²) in [4.78, 5) is 12.1. The Morgan fingerprint density at radius 2 is 2.17 bits per heavy atom. The van der Waals surface area contributed by atoms with Crippen LogP contribution in [0.3, 0.4) is 0 Å². The highest BCUT2D eigenvalue weighted by atomic mass is 32.2. The topological polar surface area (TPSA) is 97.2 Å². The lowest BCUT2D eigenvalue weighted by molar-refractivity contribution is 0.102. The average Bonchev–Trinajstić information content (AvgIpc) is 3.00. The fraction of sp³-hybridized carbons (Fsp3) is 0.400. The van der Waals surface area contributed by atoms with Crippen LogP contribution >= 0.6 is 0 Å². The molecular weight excluding hydrogens is 330 g/mol. The summed E-state index contributed by atoms with van der Waals surface area (Å²) in [5, 5.41) is 10.3. The number of amides is 1. The molecule has 0 fully saturated rings. The molecule has 0 saturated carbocycles. The van der Waals surface area contributed by atoms with Gasteiger partial charge in [-0.1, -0.05) is 5.21 Å². The normalized spacial score (nSPS) is 14.3. The number of carbonyl (C=O) groups excluding carboxylic acids is 1. The Labute approximate surface area is 140 Å². The fourth-order valence-electron chi connectivity index (χ4n) is 2.73. The van der Waals surface area contributed by atoms with Crippen LogP contribution in [0.5, 0.6) is 0 Å². The molecule has 1 aliphatic rings. The first-order valence-electron chi connectivity index (χ1n) is 7.71. The minimum atomic E-state index is -3.29. The lowest BCUT2D eigenvalue weighted by Gasteiger charge is -2.30. The molecule has 2 aromatic rings. The number of hydrogen-bond donors (Lipinski definition) is 1. The summed E-state index contributed by atoms with van der Waals surface area (Å²) < 4.78 is 27.3. The van der Waals surface area contributed by atoms with Crippen molar-refractivity contribution in [2.75, 3.05) is 21.9 Å². The van der Waals surface area contributed by atoms with Crippen molar-refractivity contribution < 1.29 is 13.2 Å². The maximum absolute atomic E-state index is 12.2. The van der Waals surface area contributed by atoms with Gasteiger partial charge in [-0.2, -0.15) is 0 Å². The van der Waals surface area contributed by atoms with Gasteiger partial charge in [0.15, 0.2) is 5.69 Å². The third-order valence-electron chi connectivity index (χ3n) is 3.95. The number of carbonyl (C=O) groups is 1. The molecule has 1 aliphatic heterocycles. The Bertz CT molecular complexity index is 875. The monoisotopic (exact) mass is 349 g/mol. The van der Waals surface area contributed by atoms with Gasteiger partial charge in [0, 0.05) is 19.3 Å². The van der Waals surface area contributed by atoms with Crippen molar-refractivity contribution in [1.29, 1.82) is 0 Å². The van der Waals surface area contributed by atoms with Gasteiger partial charge in [0.05, 0.1) is 17.6 Å². The maximum Gasteiger partial charge on any atom is 0.277 e. The molecule has 8 nitrogen and oxygen atoms in total. The van der Waals surface area contributed by atoms with Gasteiger partial charge in [0.25, 0.3) is 5.91 Å². The minimum absolute atomic E-state index is 0.0671. The van der Waals surface area contributed by atoms with Crippen LogP contribution < -0.4 is 9.62 Å². The maximum atomic E-state index is 12.2. The Morgan fingerprint density at radius 3 is 2.83 bits per heavy atom. The van der Waals surface area contributed by atoms with Crippen molar-refractivity contribution in [3.63, 3.8) is 0 Å². The highest BCUT2D eigenvalue weighted by Crippen LogP contribution is 2.31. The Morgan fingerprint density at radius 1 is 1.38 bits per heavy atom. The van der Waals surface area contributed by atoms with Crippen LogP contribution in [0, 0.1) is 0 Å². The van der Waals surface area contributed by atoms with E-state index in [4.69, 9.17) is 0 Å². The molecule has 0 radical (unpaired) electrons. The molecule has 1 aromatic heterocycles. The standard InChI is InChI=1S/C15H19N5O3S/c1-3-24(22,23)20-8-4-5-11-9-12(6-7-14(11)20)16-15(21)13-10-19(2)18-17-13/h6-7,9-10H,3-5,8H2,1-2H3,(H,16,21). The molecule has 0 spiro atoms. The first kappa shape index (κ1) is 16.4. The SMILES string of the molecule is CCS(=O)(=O)N1CCCc2cc(NC(=O)c3cn(C)nn3)ccc21. The summed E-state index contributed by atoms with van der Waals surface area (Å²) in [6, 6.07) is 5.27. The number of aryl methyl sites for hydroxylation is 2. The second kappa shape index (κ2) is 6.23. The fourth-order valence-corrected chi connectivity index (χ4v) is 3.93. The lowest BCUT2D eigenvalue weighted by Crippen LogP contribution is -2.36. The van der Waals surface area contributed by atoms with E-state index in [2.05, 4.69) is 15.6 Å². The van der Waals surface area contributed by atoms with E-state index in [0.29, 0.717) is 17.9 Å². The van der Waals surface area contributed by atoms with Crippen LogP contribution in [0.4, 0.5) is 11.4 Å². The molecule has 9 heteroatoms. The van der Waals surface area contributed by atoms with E-state index in [9.17, 15) is 13.2 Å². The number of nitrogens with zero attached hydrogens (tertiary/aromatic N) is 4. The zero-order chi connectivity index (χ0) is 17.3. The van der Waals surface area contributed by atoms with E-state index in [-0.39, 0.29) is 17.4 Å². The van der Waals surface area contributed by atoms with E-state index in [0.717, 1.165) is 18.4 Å². The van der Waals surface area contributed by atoms with Crippen LogP contribution in [0.2, 0.25) is 0 Å². The average molecular weight is 349 g/mol. The van der Waals surface area contributed by atoms with Gasteiger partial charge >= 0.3 is 0 Å². The van der Waals surface area contributed by atoms with E-state index in [1.54, 1.807) is 26.1 Å². The van der Waals surface area contributed by atoms with Gasteiger partial charge in [0.2, 0.25) is 10.0 Å². The quantitative estimate of drug-likeness (QED) is 0.894. The van der Waals surface area contributed by atoms with E-state index >= 15 is 0 Å². The number of aromatic nitrogens is 3. The zero-order valence-electron chi connectivity index (χ0n) is 13.6. The molecule has 128 valence electrons. The molecule has 0 saturated heterocycles. The zero-order valence-corrected chi connectivity index (χ0v) is 14.4. The van der Waals surface area contributed by atoms with E-state index in [1.807, 2.05) is 6.07 Å². The van der Waals surface area contributed by atoms with Gasteiger partial charge in [-0.25, -0.2) is 8.42 Å². The molecular formula is C15H19N5O3S. The van der Waals surface area contributed by atoms with Crippen LogP contribution in [-0.4, -0.2) is 41.6 Å². The van der Waals surface area contributed by atoms with Crippen molar-refractivity contribution in [1.82, 2.24) is 15.0 Å². The third-order valence-corrected chi connectivity index (χ3v) is 5.73. The number of benzene rings is 1. The summed E-state index contributed by atoms with van der Waals surface area (Å²) in [5.74, 6) is -0.283. The predicted molar refractivity (Wildman–Crippen MR) is 90.5 cm³/mol. The summed E-state index contributed by atoms with van der Waals surface area (Å²) in [5.41, 5.74) is 2.45. The summed E-state index contributed by atoms with van der Waals surface area (Å²) in [6.45, 7) is 2.13. The third kappa shape index (κ3) is 3.12. The number of sulfonamides is 1. The number of nitrogens with one attached hydrogen (secondary N) is 1. The van der Waals surface area contributed by atoms with E-state index < -0.39 is 10.0 Å². The van der Waals surface area contributed by atoms with Crippen LogP contribution in [0.1, 0.15) is 29.4 Å². The smallest absolute Gasteiger partial charge is 0.277 e. The molecule has 2 heterocycles. The van der Waals surface area contributed by atoms with Gasteiger partial charge in [0.1, 0.15) is 0 Å². The van der Waals surface area contributed by atoms with E-state index in [1.165, 1.54) is 15.2 Å². The van der Waals surface area contributed by atoms with Gasteiger partial charge < -0.3 is 5.32 Å². The number of anilines is 2. The first-order chi connectivity index (χ1) is 11.4. The predicted octanol–water partition coefficient (Wildman–Crippen LogP) is 1.17.